The van der Waals surface area contributed by atoms with E-state index < -0.39 is 6.04 Å². The van der Waals surface area contributed by atoms with Crippen molar-refractivity contribution in [2.75, 3.05) is 20.3 Å². The first-order valence-electron chi connectivity index (χ1n) is 6.89. The lowest BCUT2D eigenvalue weighted by atomic mass is 10.1. The average molecular weight is 283 g/mol. The fraction of sp³-hybridized carbons (Fsp3) is 0.714. The van der Waals surface area contributed by atoms with Crippen LogP contribution in [0.15, 0.2) is 0 Å². The van der Waals surface area contributed by atoms with Gasteiger partial charge in [-0.15, -0.1) is 0 Å². The molecule has 6 nitrogen and oxygen atoms in total. The van der Waals surface area contributed by atoms with Crippen LogP contribution in [0, 0.1) is 12.8 Å². The summed E-state index contributed by atoms with van der Waals surface area (Å²) in [7, 11) is 3.37. The third kappa shape index (κ3) is 3.72. The summed E-state index contributed by atoms with van der Waals surface area (Å²) in [6.07, 6.45) is 0. The molecular formula is C14H25N3O3. The molecule has 0 aromatic carbocycles. The Balaban J connectivity index is 3.12. The van der Waals surface area contributed by atoms with Crippen LogP contribution in [0.2, 0.25) is 0 Å². The maximum absolute atomic E-state index is 12.2. The van der Waals surface area contributed by atoms with Gasteiger partial charge in [-0.05, 0) is 26.3 Å². The third-order valence-electron chi connectivity index (χ3n) is 2.95. The molecule has 0 radical (unpaired) electrons. The van der Waals surface area contributed by atoms with E-state index in [9.17, 15) is 4.79 Å². The summed E-state index contributed by atoms with van der Waals surface area (Å²) in [6.45, 7) is 8.89. The molecule has 1 aromatic heterocycles. The first-order valence-corrected chi connectivity index (χ1v) is 6.89. The quantitative estimate of drug-likeness (QED) is 0.770. The number of nitrogens with one attached hydrogen (secondary N) is 1. The van der Waals surface area contributed by atoms with Crippen LogP contribution in [-0.4, -0.2) is 36.0 Å². The van der Waals surface area contributed by atoms with Gasteiger partial charge in [0.1, 0.15) is 6.04 Å². The highest BCUT2D eigenvalue weighted by Gasteiger charge is 2.30. The van der Waals surface area contributed by atoms with Crippen molar-refractivity contribution in [3.8, 4) is 5.88 Å². The number of carbonyl (C=O) groups excluding carboxylic acids is 1. The van der Waals surface area contributed by atoms with Crippen molar-refractivity contribution < 1.29 is 14.3 Å². The molecule has 0 saturated heterocycles. The lowest BCUT2D eigenvalue weighted by molar-refractivity contribution is -0.146. The highest BCUT2D eigenvalue weighted by Crippen LogP contribution is 2.29. The van der Waals surface area contributed by atoms with Crippen LogP contribution >= 0.6 is 0 Å². The van der Waals surface area contributed by atoms with Gasteiger partial charge in [-0.25, -0.2) is 9.48 Å². The number of aryl methyl sites for hydroxylation is 2. The number of nitrogens with zero attached hydrogens (tertiary/aromatic N) is 2. The van der Waals surface area contributed by atoms with Crippen LogP contribution in [0.25, 0.3) is 0 Å². The number of methoxy groups -OCH3 is 1. The summed E-state index contributed by atoms with van der Waals surface area (Å²) in [6, 6.07) is -0.555. The zero-order valence-electron chi connectivity index (χ0n) is 13.2. The minimum absolute atomic E-state index is 0.303. The molecule has 1 N–H and O–H groups in total. The van der Waals surface area contributed by atoms with Gasteiger partial charge in [-0.3, -0.25) is 0 Å². The Morgan fingerprint density at radius 3 is 2.60 bits per heavy atom. The number of aromatic nitrogens is 2. The highest BCUT2D eigenvalue weighted by molar-refractivity contribution is 5.79. The van der Waals surface area contributed by atoms with Crippen molar-refractivity contribution in [1.82, 2.24) is 15.1 Å². The van der Waals surface area contributed by atoms with E-state index >= 15 is 0 Å². The smallest absolute Gasteiger partial charge is 0.328 e. The molecule has 0 aliphatic heterocycles. The van der Waals surface area contributed by atoms with E-state index in [1.165, 1.54) is 0 Å². The van der Waals surface area contributed by atoms with Crippen LogP contribution < -0.4 is 10.1 Å². The summed E-state index contributed by atoms with van der Waals surface area (Å²) >= 11 is 0. The maximum atomic E-state index is 12.2. The zero-order chi connectivity index (χ0) is 15.3. The summed E-state index contributed by atoms with van der Waals surface area (Å²) in [5.74, 6) is 0.703. The first-order chi connectivity index (χ1) is 9.42. The van der Waals surface area contributed by atoms with Gasteiger partial charge in [-0.1, -0.05) is 13.8 Å². The average Bonchev–Trinajstić information content (AvgIpc) is 2.64. The Morgan fingerprint density at radius 1 is 1.45 bits per heavy atom. The Morgan fingerprint density at radius 2 is 2.10 bits per heavy atom. The normalized spacial score (nSPS) is 12.6. The first kappa shape index (κ1) is 16.5. The van der Waals surface area contributed by atoms with Gasteiger partial charge in [-0.2, -0.15) is 5.10 Å². The zero-order valence-corrected chi connectivity index (χ0v) is 13.2. The van der Waals surface area contributed by atoms with Gasteiger partial charge in [0.25, 0.3) is 0 Å². The number of rotatable bonds is 7. The summed E-state index contributed by atoms with van der Waals surface area (Å²) < 4.78 is 12.2. The predicted octanol–water partition coefficient (Wildman–Crippen LogP) is 1.59. The Labute approximate surface area is 120 Å². The summed E-state index contributed by atoms with van der Waals surface area (Å²) in [5.41, 5.74) is 1.51. The van der Waals surface area contributed by atoms with Crippen molar-refractivity contribution in [3.63, 3.8) is 0 Å². The summed E-state index contributed by atoms with van der Waals surface area (Å²) in [5, 5.41) is 7.56. The van der Waals surface area contributed by atoms with Gasteiger partial charge in [0.05, 0.1) is 25.0 Å². The standard InChI is InChI=1S/C14H25N3O3/c1-7-20-14(18)12(15-8-9(2)3)11-10(4)16-17(5)13(11)19-6/h9,12,15H,7-8H2,1-6H3. The topological polar surface area (TPSA) is 65.4 Å². The second-order valence-corrected chi connectivity index (χ2v) is 5.12. The Hall–Kier alpha value is -1.56. The van der Waals surface area contributed by atoms with E-state index in [1.807, 2.05) is 6.92 Å². The SMILES string of the molecule is CCOC(=O)C(NCC(C)C)c1c(C)nn(C)c1OC. The Bertz CT molecular complexity index is 455. The van der Waals surface area contributed by atoms with Crippen molar-refractivity contribution in [1.29, 1.82) is 0 Å². The van der Waals surface area contributed by atoms with Gasteiger partial charge in [0, 0.05) is 7.05 Å². The van der Waals surface area contributed by atoms with Gasteiger partial charge in [0.2, 0.25) is 5.88 Å². The lowest BCUT2D eigenvalue weighted by Crippen LogP contribution is -2.33. The number of carbonyl (C=O) groups is 1. The van der Waals surface area contributed by atoms with Gasteiger partial charge >= 0.3 is 5.97 Å². The van der Waals surface area contributed by atoms with E-state index in [4.69, 9.17) is 9.47 Å². The fourth-order valence-corrected chi connectivity index (χ4v) is 2.11. The second-order valence-electron chi connectivity index (χ2n) is 5.12. The molecule has 20 heavy (non-hydrogen) atoms. The van der Waals surface area contributed by atoms with Crippen LogP contribution in [0.5, 0.6) is 5.88 Å². The number of hydrogen-bond donors (Lipinski definition) is 1. The molecule has 0 amide bonds. The number of ether oxygens (including phenoxy) is 2. The monoisotopic (exact) mass is 283 g/mol. The van der Waals surface area contributed by atoms with Gasteiger partial charge in [0.15, 0.2) is 0 Å². The van der Waals surface area contributed by atoms with E-state index in [-0.39, 0.29) is 5.97 Å². The van der Waals surface area contributed by atoms with Gasteiger partial charge < -0.3 is 14.8 Å². The Kier molecular flexibility index (Phi) is 6.01. The molecule has 0 fully saturated rings. The predicted molar refractivity (Wildman–Crippen MR) is 76.7 cm³/mol. The van der Waals surface area contributed by atoms with Crippen molar-refractivity contribution >= 4 is 5.97 Å². The molecule has 0 aliphatic carbocycles. The second kappa shape index (κ2) is 7.28. The molecule has 6 heteroatoms. The number of hydrogen-bond acceptors (Lipinski definition) is 5. The minimum Gasteiger partial charge on any atom is -0.481 e. The molecule has 114 valence electrons. The van der Waals surface area contributed by atoms with Crippen LogP contribution in [0.1, 0.15) is 38.1 Å². The van der Waals surface area contributed by atoms with Crippen molar-refractivity contribution in [2.45, 2.75) is 33.7 Å². The maximum Gasteiger partial charge on any atom is 0.328 e. The van der Waals surface area contributed by atoms with Crippen LogP contribution in [0.4, 0.5) is 0 Å². The van der Waals surface area contributed by atoms with E-state index in [1.54, 1.807) is 25.8 Å². The third-order valence-corrected chi connectivity index (χ3v) is 2.95. The van der Waals surface area contributed by atoms with E-state index in [0.29, 0.717) is 24.9 Å². The molecule has 1 atom stereocenters. The molecule has 1 heterocycles. The molecule has 0 bridgehead atoms. The summed E-state index contributed by atoms with van der Waals surface area (Å²) in [4.78, 5) is 12.2. The molecule has 0 saturated carbocycles. The molecule has 1 rings (SSSR count). The van der Waals surface area contributed by atoms with Crippen molar-refractivity contribution in [3.05, 3.63) is 11.3 Å². The molecule has 0 aliphatic rings. The molecule has 1 aromatic rings. The molecule has 0 spiro atoms. The molecular weight excluding hydrogens is 258 g/mol. The minimum atomic E-state index is -0.555. The number of esters is 1. The van der Waals surface area contributed by atoms with Crippen molar-refractivity contribution in [2.24, 2.45) is 13.0 Å². The van der Waals surface area contributed by atoms with Crippen LogP contribution in [-0.2, 0) is 16.6 Å². The highest BCUT2D eigenvalue weighted by atomic mass is 16.5. The fourth-order valence-electron chi connectivity index (χ4n) is 2.11. The van der Waals surface area contributed by atoms with E-state index in [2.05, 4.69) is 24.3 Å². The molecule has 1 unspecified atom stereocenters. The largest absolute Gasteiger partial charge is 0.481 e. The van der Waals surface area contributed by atoms with E-state index in [0.717, 1.165) is 11.3 Å². The lowest BCUT2D eigenvalue weighted by Gasteiger charge is -2.19. The van der Waals surface area contributed by atoms with Crippen LogP contribution in [0.3, 0.4) is 0 Å².